The third-order valence-corrected chi connectivity index (χ3v) is 4.57. The highest BCUT2D eigenvalue weighted by atomic mass is 16.3. The first-order valence-electron chi connectivity index (χ1n) is 7.20. The lowest BCUT2D eigenvalue weighted by Crippen LogP contribution is -2.16. The van der Waals surface area contributed by atoms with Crippen LogP contribution in [0.3, 0.4) is 0 Å². The molecule has 3 aromatic rings. The van der Waals surface area contributed by atoms with Crippen molar-refractivity contribution in [3.8, 4) is 0 Å². The van der Waals surface area contributed by atoms with E-state index in [1.807, 2.05) is 6.07 Å². The van der Waals surface area contributed by atoms with Gasteiger partial charge in [0, 0.05) is 16.8 Å². The number of fused-ring (bicyclic) bond motifs is 1. The largest absolute Gasteiger partial charge is 0.460 e. The number of aryl methyl sites for hydroxylation is 1. The molecule has 4 heteroatoms. The molecule has 106 valence electrons. The second kappa shape index (κ2) is 4.32. The fraction of sp³-hybridized carbons (Fsp3) is 0.294. The third kappa shape index (κ3) is 1.90. The molecular weight excluding hydrogens is 262 g/mol. The Bertz CT molecular complexity index is 810. The van der Waals surface area contributed by atoms with Crippen LogP contribution in [0.5, 0.6) is 0 Å². The average Bonchev–Trinajstić information content (AvgIpc) is 2.92. The molecule has 4 rings (SSSR count). The van der Waals surface area contributed by atoms with E-state index in [1.54, 1.807) is 12.5 Å². The van der Waals surface area contributed by atoms with Crippen LogP contribution < -0.4 is 5.32 Å². The molecule has 1 N–H and O–H groups in total. The first-order valence-corrected chi connectivity index (χ1v) is 7.20. The van der Waals surface area contributed by atoms with Crippen LogP contribution in [0.15, 0.2) is 47.2 Å². The molecule has 0 aliphatic heterocycles. The van der Waals surface area contributed by atoms with Crippen molar-refractivity contribution in [3.05, 3.63) is 53.9 Å². The number of nitrogens with zero attached hydrogens (tertiary/aromatic N) is 2. The summed E-state index contributed by atoms with van der Waals surface area (Å²) in [5.74, 6) is 0.736. The molecule has 0 saturated heterocycles. The van der Waals surface area contributed by atoms with Gasteiger partial charge >= 0.3 is 0 Å². The summed E-state index contributed by atoms with van der Waals surface area (Å²) in [4.78, 5) is 0. The summed E-state index contributed by atoms with van der Waals surface area (Å²) in [5, 5.41) is 12.7. The van der Waals surface area contributed by atoms with Gasteiger partial charge in [0.05, 0.1) is 12.5 Å². The average molecular weight is 279 g/mol. The van der Waals surface area contributed by atoms with Crippen LogP contribution >= 0.6 is 0 Å². The first-order chi connectivity index (χ1) is 10.2. The Labute approximate surface area is 123 Å². The summed E-state index contributed by atoms with van der Waals surface area (Å²) in [6.45, 7) is 4.46. The summed E-state index contributed by atoms with van der Waals surface area (Å²) in [5.41, 5.74) is 3.68. The van der Waals surface area contributed by atoms with Crippen LogP contribution in [0.1, 0.15) is 24.5 Å². The van der Waals surface area contributed by atoms with Crippen LogP contribution in [0.2, 0.25) is 0 Å². The predicted octanol–water partition coefficient (Wildman–Crippen LogP) is 3.67. The molecule has 0 bridgehead atoms. The SMILES string of the molecule is Cc1ccccc1C1(C)CC1Nc1nncc2ccoc12. The van der Waals surface area contributed by atoms with Gasteiger partial charge in [-0.3, -0.25) is 0 Å². The number of hydrogen-bond acceptors (Lipinski definition) is 4. The van der Waals surface area contributed by atoms with Crippen molar-refractivity contribution in [2.24, 2.45) is 0 Å². The Kier molecular flexibility index (Phi) is 2.55. The standard InChI is InChI=1S/C17H17N3O/c1-11-5-3-4-6-13(11)17(2)9-14(17)19-16-15-12(7-8-21-15)10-18-20-16/h3-8,10,14H,9H2,1-2H3,(H,19,20). The van der Waals surface area contributed by atoms with E-state index in [0.29, 0.717) is 6.04 Å². The van der Waals surface area contributed by atoms with Crippen LogP contribution in [-0.2, 0) is 5.41 Å². The smallest absolute Gasteiger partial charge is 0.192 e. The van der Waals surface area contributed by atoms with Gasteiger partial charge in [-0.2, -0.15) is 5.10 Å². The van der Waals surface area contributed by atoms with E-state index in [2.05, 4.69) is 53.6 Å². The van der Waals surface area contributed by atoms with Gasteiger partial charge in [-0.15, -0.1) is 5.10 Å². The predicted molar refractivity (Wildman–Crippen MR) is 82.4 cm³/mol. The highest BCUT2D eigenvalue weighted by molar-refractivity contribution is 5.85. The minimum atomic E-state index is 0.155. The number of anilines is 1. The molecule has 2 aromatic heterocycles. The zero-order chi connectivity index (χ0) is 14.4. The van der Waals surface area contributed by atoms with Gasteiger partial charge in [0.1, 0.15) is 0 Å². The second-order valence-electron chi connectivity index (χ2n) is 6.03. The molecule has 1 aliphatic carbocycles. The van der Waals surface area contributed by atoms with E-state index >= 15 is 0 Å². The van der Waals surface area contributed by atoms with E-state index in [9.17, 15) is 0 Å². The minimum absolute atomic E-state index is 0.155. The molecule has 0 spiro atoms. The maximum Gasteiger partial charge on any atom is 0.192 e. The zero-order valence-electron chi connectivity index (χ0n) is 12.1. The topological polar surface area (TPSA) is 51.0 Å². The van der Waals surface area contributed by atoms with Gasteiger partial charge in [-0.05, 0) is 30.5 Å². The maximum atomic E-state index is 5.51. The van der Waals surface area contributed by atoms with Gasteiger partial charge in [0.15, 0.2) is 11.4 Å². The van der Waals surface area contributed by atoms with Crippen molar-refractivity contribution >= 4 is 16.8 Å². The van der Waals surface area contributed by atoms with Crippen molar-refractivity contribution in [1.82, 2.24) is 10.2 Å². The highest BCUT2D eigenvalue weighted by Crippen LogP contribution is 2.50. The summed E-state index contributed by atoms with van der Waals surface area (Å²) < 4.78 is 5.51. The molecule has 1 fully saturated rings. The summed E-state index contributed by atoms with van der Waals surface area (Å²) in [7, 11) is 0. The van der Waals surface area contributed by atoms with Crippen LogP contribution in [0.4, 0.5) is 5.82 Å². The summed E-state index contributed by atoms with van der Waals surface area (Å²) >= 11 is 0. The van der Waals surface area contributed by atoms with E-state index in [4.69, 9.17) is 4.42 Å². The number of hydrogen-bond donors (Lipinski definition) is 1. The zero-order valence-corrected chi connectivity index (χ0v) is 12.1. The molecule has 4 nitrogen and oxygen atoms in total. The maximum absolute atomic E-state index is 5.51. The normalized spacial score (nSPS) is 24.2. The Morgan fingerprint density at radius 3 is 3.00 bits per heavy atom. The van der Waals surface area contributed by atoms with Gasteiger partial charge in [-0.1, -0.05) is 31.2 Å². The monoisotopic (exact) mass is 279 g/mol. The second-order valence-corrected chi connectivity index (χ2v) is 6.03. The van der Waals surface area contributed by atoms with E-state index in [1.165, 1.54) is 11.1 Å². The van der Waals surface area contributed by atoms with E-state index < -0.39 is 0 Å². The Morgan fingerprint density at radius 2 is 2.14 bits per heavy atom. The molecular formula is C17H17N3O. The Balaban J connectivity index is 1.63. The van der Waals surface area contributed by atoms with Crippen LogP contribution in [0.25, 0.3) is 11.0 Å². The van der Waals surface area contributed by atoms with Crippen molar-refractivity contribution in [2.45, 2.75) is 31.7 Å². The van der Waals surface area contributed by atoms with Gasteiger partial charge in [0.25, 0.3) is 0 Å². The number of furan rings is 1. The number of rotatable bonds is 3. The summed E-state index contributed by atoms with van der Waals surface area (Å²) in [6.07, 6.45) is 4.49. The molecule has 0 amide bonds. The molecule has 2 heterocycles. The van der Waals surface area contributed by atoms with Crippen molar-refractivity contribution in [2.75, 3.05) is 5.32 Å². The lowest BCUT2D eigenvalue weighted by molar-refractivity contribution is 0.613. The Hall–Kier alpha value is -2.36. The Morgan fingerprint density at radius 1 is 1.29 bits per heavy atom. The van der Waals surface area contributed by atoms with Crippen LogP contribution in [0, 0.1) is 6.92 Å². The van der Waals surface area contributed by atoms with Gasteiger partial charge in [0.2, 0.25) is 0 Å². The fourth-order valence-corrected chi connectivity index (χ4v) is 3.15. The molecule has 1 aliphatic rings. The van der Waals surface area contributed by atoms with Gasteiger partial charge in [-0.25, -0.2) is 0 Å². The first kappa shape index (κ1) is 12.4. The molecule has 0 radical (unpaired) electrons. The van der Waals surface area contributed by atoms with Crippen molar-refractivity contribution < 1.29 is 4.42 Å². The molecule has 21 heavy (non-hydrogen) atoms. The molecule has 1 aromatic carbocycles. The van der Waals surface area contributed by atoms with E-state index in [-0.39, 0.29) is 5.41 Å². The van der Waals surface area contributed by atoms with Crippen LogP contribution in [-0.4, -0.2) is 16.2 Å². The number of benzene rings is 1. The fourth-order valence-electron chi connectivity index (χ4n) is 3.15. The summed E-state index contributed by atoms with van der Waals surface area (Å²) in [6, 6.07) is 10.9. The molecule has 2 unspecified atom stereocenters. The number of aromatic nitrogens is 2. The lowest BCUT2D eigenvalue weighted by Gasteiger charge is -2.15. The van der Waals surface area contributed by atoms with Crippen molar-refractivity contribution in [3.63, 3.8) is 0 Å². The molecule has 2 atom stereocenters. The third-order valence-electron chi connectivity index (χ3n) is 4.57. The number of nitrogens with one attached hydrogen (secondary N) is 1. The molecule has 1 saturated carbocycles. The van der Waals surface area contributed by atoms with Crippen molar-refractivity contribution in [1.29, 1.82) is 0 Å². The quantitative estimate of drug-likeness (QED) is 0.794. The van der Waals surface area contributed by atoms with E-state index in [0.717, 1.165) is 23.2 Å². The highest BCUT2D eigenvalue weighted by Gasteiger charge is 2.52. The van der Waals surface area contributed by atoms with Gasteiger partial charge < -0.3 is 9.73 Å². The lowest BCUT2D eigenvalue weighted by atomic mass is 9.93. The minimum Gasteiger partial charge on any atom is -0.460 e.